The van der Waals surface area contributed by atoms with Crippen LogP contribution in [0.5, 0.6) is 5.75 Å². The summed E-state index contributed by atoms with van der Waals surface area (Å²) in [5, 5.41) is 11.9. The fourth-order valence-corrected chi connectivity index (χ4v) is 2.97. The first kappa shape index (κ1) is 20.8. The van der Waals surface area contributed by atoms with Crippen LogP contribution in [-0.4, -0.2) is 30.5 Å². The molecule has 158 valence electrons. The van der Waals surface area contributed by atoms with Crippen molar-refractivity contribution in [1.29, 1.82) is 0 Å². The maximum atomic E-state index is 12.9. The van der Waals surface area contributed by atoms with Crippen LogP contribution in [0.3, 0.4) is 0 Å². The van der Waals surface area contributed by atoms with E-state index in [-0.39, 0.29) is 24.2 Å². The molecule has 8 nitrogen and oxygen atoms in total. The van der Waals surface area contributed by atoms with Crippen molar-refractivity contribution in [1.82, 2.24) is 24.5 Å². The van der Waals surface area contributed by atoms with Crippen LogP contribution in [0.15, 0.2) is 61.1 Å². The molecule has 0 unspecified atom stereocenters. The summed E-state index contributed by atoms with van der Waals surface area (Å²) in [6, 6.07) is 12.4. The number of nitrogens with zero attached hydrogens (tertiary/aromatic N) is 5. The number of nitrogens with one attached hydrogen (secondary N) is 1. The molecule has 2 aromatic carbocycles. The molecule has 0 aliphatic carbocycles. The van der Waals surface area contributed by atoms with Crippen molar-refractivity contribution in [2.75, 3.05) is 5.32 Å². The topological polar surface area (TPSA) is 86.9 Å². The van der Waals surface area contributed by atoms with Crippen molar-refractivity contribution in [2.24, 2.45) is 0 Å². The number of hydrogen-bond donors (Lipinski definition) is 1. The summed E-state index contributed by atoms with van der Waals surface area (Å²) in [6.45, 7) is 0.477. The zero-order chi connectivity index (χ0) is 21.8. The zero-order valence-electron chi connectivity index (χ0n) is 15.9. The zero-order valence-corrected chi connectivity index (χ0v) is 17.4. The standard InChI is InChI=1S/C20H15Cl2FN6O2/c21-16-6-1-13(9-17(16)22)10-29-11-24-20(27-29)25-19(30)18-7-8-28(26-18)12-31-15-4-2-14(23)3-5-15/h1-9,11H,10,12H2,(H,25,27,30). The molecular weight excluding hydrogens is 446 g/mol. The molecular formula is C20H15Cl2FN6O2. The minimum Gasteiger partial charge on any atom is -0.471 e. The number of halogens is 3. The highest BCUT2D eigenvalue weighted by Gasteiger charge is 2.13. The van der Waals surface area contributed by atoms with Crippen LogP contribution in [0, 0.1) is 5.82 Å². The third-order valence-electron chi connectivity index (χ3n) is 4.14. The van der Waals surface area contributed by atoms with Gasteiger partial charge in [0.05, 0.1) is 16.6 Å². The van der Waals surface area contributed by atoms with Crippen LogP contribution >= 0.6 is 23.2 Å². The summed E-state index contributed by atoms with van der Waals surface area (Å²) < 4.78 is 21.4. The van der Waals surface area contributed by atoms with Crippen LogP contribution in [0.1, 0.15) is 16.1 Å². The molecule has 4 rings (SSSR count). The third-order valence-corrected chi connectivity index (χ3v) is 4.88. The quantitative estimate of drug-likeness (QED) is 0.445. The van der Waals surface area contributed by atoms with Gasteiger partial charge in [0.25, 0.3) is 5.91 Å². The second-order valence-electron chi connectivity index (χ2n) is 6.44. The molecule has 2 heterocycles. The van der Waals surface area contributed by atoms with Crippen LogP contribution in [-0.2, 0) is 13.3 Å². The van der Waals surface area contributed by atoms with Gasteiger partial charge in [0, 0.05) is 6.20 Å². The molecule has 0 aliphatic heterocycles. The molecule has 0 spiro atoms. The van der Waals surface area contributed by atoms with Crippen LogP contribution < -0.4 is 10.1 Å². The first-order chi connectivity index (χ1) is 15.0. The van der Waals surface area contributed by atoms with Crippen molar-refractivity contribution in [3.8, 4) is 5.75 Å². The maximum absolute atomic E-state index is 12.9. The molecule has 0 saturated heterocycles. The van der Waals surface area contributed by atoms with Gasteiger partial charge in [0.2, 0.25) is 5.95 Å². The first-order valence-corrected chi connectivity index (χ1v) is 9.78. The number of benzene rings is 2. The predicted octanol–water partition coefficient (Wildman–Crippen LogP) is 4.26. The minimum atomic E-state index is -0.465. The Morgan fingerprint density at radius 3 is 2.61 bits per heavy atom. The van der Waals surface area contributed by atoms with Gasteiger partial charge in [-0.05, 0) is 48.0 Å². The number of hydrogen-bond acceptors (Lipinski definition) is 5. The number of carbonyl (C=O) groups is 1. The fraction of sp³-hybridized carbons (Fsp3) is 0.100. The fourth-order valence-electron chi connectivity index (χ4n) is 2.64. The van der Waals surface area contributed by atoms with E-state index < -0.39 is 5.91 Å². The third kappa shape index (κ3) is 5.39. The van der Waals surface area contributed by atoms with Gasteiger partial charge in [-0.2, -0.15) is 5.10 Å². The lowest BCUT2D eigenvalue weighted by Gasteiger charge is -2.05. The number of amides is 1. The van der Waals surface area contributed by atoms with E-state index in [1.165, 1.54) is 41.3 Å². The van der Waals surface area contributed by atoms with Crippen molar-refractivity contribution in [3.05, 3.63) is 88.2 Å². The summed E-state index contributed by atoms with van der Waals surface area (Å²) in [5.41, 5.74) is 1.06. The maximum Gasteiger partial charge on any atom is 0.278 e. The van der Waals surface area contributed by atoms with E-state index >= 15 is 0 Å². The Hall–Kier alpha value is -3.43. The Balaban J connectivity index is 1.33. The Morgan fingerprint density at radius 1 is 1.03 bits per heavy atom. The van der Waals surface area contributed by atoms with Gasteiger partial charge in [-0.25, -0.2) is 18.7 Å². The molecule has 1 N–H and O–H groups in total. The van der Waals surface area contributed by atoms with Gasteiger partial charge in [-0.3, -0.25) is 10.1 Å². The minimum absolute atomic E-state index is 0.0649. The molecule has 31 heavy (non-hydrogen) atoms. The van der Waals surface area contributed by atoms with E-state index in [4.69, 9.17) is 27.9 Å². The summed E-state index contributed by atoms with van der Waals surface area (Å²) in [4.78, 5) is 16.5. The molecule has 0 saturated carbocycles. The summed E-state index contributed by atoms with van der Waals surface area (Å²) >= 11 is 11.9. The molecule has 0 radical (unpaired) electrons. The van der Waals surface area contributed by atoms with Gasteiger partial charge in [-0.1, -0.05) is 29.3 Å². The number of ether oxygens (including phenoxy) is 1. The molecule has 11 heteroatoms. The second kappa shape index (κ2) is 9.15. The molecule has 1 amide bonds. The number of rotatable bonds is 7. The number of carbonyl (C=O) groups excluding carboxylic acids is 1. The smallest absolute Gasteiger partial charge is 0.278 e. The average molecular weight is 461 g/mol. The Morgan fingerprint density at radius 2 is 1.84 bits per heavy atom. The molecule has 0 aliphatic rings. The van der Waals surface area contributed by atoms with Crippen molar-refractivity contribution < 1.29 is 13.9 Å². The van der Waals surface area contributed by atoms with E-state index in [9.17, 15) is 9.18 Å². The number of aromatic nitrogens is 5. The molecule has 2 aromatic heterocycles. The van der Waals surface area contributed by atoms with Crippen LogP contribution in [0.25, 0.3) is 0 Å². The van der Waals surface area contributed by atoms with Crippen molar-refractivity contribution in [2.45, 2.75) is 13.3 Å². The van der Waals surface area contributed by atoms with Gasteiger partial charge >= 0.3 is 0 Å². The molecule has 4 aromatic rings. The Kier molecular flexibility index (Phi) is 6.15. The molecule has 0 bridgehead atoms. The highest BCUT2D eigenvalue weighted by molar-refractivity contribution is 6.42. The first-order valence-electron chi connectivity index (χ1n) is 9.03. The average Bonchev–Trinajstić information content (AvgIpc) is 3.40. The highest BCUT2D eigenvalue weighted by Crippen LogP contribution is 2.23. The lowest BCUT2D eigenvalue weighted by Crippen LogP contribution is -2.15. The lowest BCUT2D eigenvalue weighted by atomic mass is 10.2. The lowest BCUT2D eigenvalue weighted by molar-refractivity contribution is 0.101. The molecule has 0 fully saturated rings. The van der Waals surface area contributed by atoms with E-state index in [1.807, 2.05) is 6.07 Å². The Labute approximate surface area is 186 Å². The Bertz CT molecular complexity index is 1210. The van der Waals surface area contributed by atoms with Crippen molar-refractivity contribution >= 4 is 35.1 Å². The van der Waals surface area contributed by atoms with Crippen molar-refractivity contribution in [3.63, 3.8) is 0 Å². The predicted molar refractivity (Wildman–Crippen MR) is 113 cm³/mol. The van der Waals surface area contributed by atoms with Gasteiger partial charge in [0.1, 0.15) is 17.9 Å². The summed E-state index contributed by atoms with van der Waals surface area (Å²) in [7, 11) is 0. The van der Waals surface area contributed by atoms with Gasteiger partial charge in [0.15, 0.2) is 12.4 Å². The largest absolute Gasteiger partial charge is 0.471 e. The van der Waals surface area contributed by atoms with Gasteiger partial charge < -0.3 is 4.74 Å². The summed E-state index contributed by atoms with van der Waals surface area (Å²) in [6.07, 6.45) is 3.09. The SMILES string of the molecule is O=C(Nc1ncn(Cc2ccc(Cl)c(Cl)c2)n1)c1ccn(COc2ccc(F)cc2)n1. The van der Waals surface area contributed by atoms with Crippen LogP contribution in [0.2, 0.25) is 10.0 Å². The highest BCUT2D eigenvalue weighted by atomic mass is 35.5. The van der Waals surface area contributed by atoms with Gasteiger partial charge in [-0.15, -0.1) is 5.10 Å². The molecule has 0 atom stereocenters. The number of anilines is 1. The van der Waals surface area contributed by atoms with Crippen LogP contribution in [0.4, 0.5) is 10.3 Å². The van der Waals surface area contributed by atoms with E-state index in [0.29, 0.717) is 22.3 Å². The van der Waals surface area contributed by atoms with E-state index in [1.54, 1.807) is 23.0 Å². The van der Waals surface area contributed by atoms with E-state index in [0.717, 1.165) is 5.56 Å². The van der Waals surface area contributed by atoms with E-state index in [2.05, 4.69) is 20.5 Å². The monoisotopic (exact) mass is 460 g/mol. The second-order valence-corrected chi connectivity index (χ2v) is 7.25. The normalized spacial score (nSPS) is 10.8. The summed E-state index contributed by atoms with van der Waals surface area (Å²) in [5.74, 6) is -0.187.